The Morgan fingerprint density at radius 2 is 1.90 bits per heavy atom. The number of rotatable bonds is 4. The lowest BCUT2D eigenvalue weighted by molar-refractivity contribution is -0.136. The average molecular weight is 404 g/mol. The van der Waals surface area contributed by atoms with Crippen LogP contribution in [0.3, 0.4) is 0 Å². The Morgan fingerprint density at radius 3 is 2.60 bits per heavy atom. The first-order valence-electron chi connectivity index (χ1n) is 10.9. The fourth-order valence-corrected chi connectivity index (χ4v) is 5.06. The number of benzene rings is 2. The highest BCUT2D eigenvalue weighted by molar-refractivity contribution is 5.76. The van der Waals surface area contributed by atoms with E-state index in [4.69, 9.17) is 5.26 Å². The van der Waals surface area contributed by atoms with Gasteiger partial charge in [-0.05, 0) is 48.2 Å². The molecule has 1 N–H and O–H groups in total. The van der Waals surface area contributed by atoms with E-state index in [0.29, 0.717) is 12.0 Å². The molecule has 2 heterocycles. The van der Waals surface area contributed by atoms with E-state index in [1.807, 2.05) is 36.1 Å². The van der Waals surface area contributed by atoms with Crippen molar-refractivity contribution in [3.63, 3.8) is 0 Å². The summed E-state index contributed by atoms with van der Waals surface area (Å²) in [5.41, 5.74) is 3.97. The van der Waals surface area contributed by atoms with Crippen molar-refractivity contribution in [2.75, 3.05) is 26.2 Å². The maximum atomic E-state index is 12.4. The lowest BCUT2D eigenvalue weighted by Gasteiger charge is -2.57. The molecule has 0 aliphatic carbocycles. The Morgan fingerprint density at radius 1 is 1.13 bits per heavy atom. The zero-order valence-electron chi connectivity index (χ0n) is 17.5. The van der Waals surface area contributed by atoms with Crippen LogP contribution in [0.1, 0.15) is 43.2 Å². The summed E-state index contributed by atoms with van der Waals surface area (Å²) in [6.07, 6.45) is 2.62. The summed E-state index contributed by atoms with van der Waals surface area (Å²) in [6, 6.07) is 18.7. The van der Waals surface area contributed by atoms with Crippen molar-refractivity contribution < 1.29 is 9.90 Å². The summed E-state index contributed by atoms with van der Waals surface area (Å²) >= 11 is 0. The molecular formula is C25H29N3O2. The lowest BCUT2D eigenvalue weighted by Crippen LogP contribution is -2.67. The summed E-state index contributed by atoms with van der Waals surface area (Å²) in [6.45, 7) is 4.61. The monoisotopic (exact) mass is 403 g/mol. The van der Waals surface area contributed by atoms with Crippen LogP contribution in [0, 0.1) is 11.3 Å². The quantitative estimate of drug-likeness (QED) is 0.850. The van der Waals surface area contributed by atoms with E-state index in [0.717, 1.165) is 43.6 Å². The Kier molecular flexibility index (Phi) is 6.17. The van der Waals surface area contributed by atoms with E-state index in [1.54, 1.807) is 0 Å². The number of nitriles is 1. The molecule has 156 valence electrons. The number of aliphatic hydroxyl groups is 1. The average Bonchev–Trinajstić information content (AvgIpc) is 2.78. The van der Waals surface area contributed by atoms with Gasteiger partial charge in [0.2, 0.25) is 5.91 Å². The fraction of sp³-hybridized carbons (Fsp3) is 0.440. The SMILES string of the molecule is CCC(=O)N1CCCCN2[C@@H](CO)[C@@H](c3ccc(-c4cccc(C#N)c4)cc3)[C@@H]2C1. The third kappa shape index (κ3) is 3.86. The van der Waals surface area contributed by atoms with Crippen LogP contribution in [0.15, 0.2) is 48.5 Å². The Hall–Kier alpha value is -2.68. The number of carbonyl (C=O) groups is 1. The second kappa shape index (κ2) is 8.99. The van der Waals surface area contributed by atoms with Gasteiger partial charge in [-0.1, -0.05) is 43.3 Å². The van der Waals surface area contributed by atoms with Crippen molar-refractivity contribution >= 4 is 5.91 Å². The van der Waals surface area contributed by atoms with Crippen molar-refractivity contribution in [2.24, 2.45) is 0 Å². The van der Waals surface area contributed by atoms with E-state index in [2.05, 4.69) is 35.2 Å². The number of nitrogens with zero attached hydrogens (tertiary/aromatic N) is 3. The van der Waals surface area contributed by atoms with E-state index < -0.39 is 0 Å². The van der Waals surface area contributed by atoms with Crippen molar-refractivity contribution in [1.82, 2.24) is 9.80 Å². The second-order valence-corrected chi connectivity index (χ2v) is 8.30. The molecule has 1 amide bonds. The third-order valence-electron chi connectivity index (χ3n) is 6.65. The maximum absolute atomic E-state index is 12.4. The molecule has 2 aromatic rings. The van der Waals surface area contributed by atoms with Gasteiger partial charge in [-0.25, -0.2) is 0 Å². The molecule has 0 spiro atoms. The van der Waals surface area contributed by atoms with Gasteiger partial charge < -0.3 is 10.0 Å². The summed E-state index contributed by atoms with van der Waals surface area (Å²) in [7, 11) is 0. The highest BCUT2D eigenvalue weighted by Gasteiger charge is 2.49. The van der Waals surface area contributed by atoms with Gasteiger partial charge in [0.15, 0.2) is 0 Å². The number of carbonyl (C=O) groups excluding carboxylic acids is 1. The van der Waals surface area contributed by atoms with Crippen LogP contribution >= 0.6 is 0 Å². The highest BCUT2D eigenvalue weighted by Crippen LogP contribution is 2.42. The van der Waals surface area contributed by atoms with Crippen LogP contribution in [0.4, 0.5) is 0 Å². The normalized spacial score (nSPS) is 24.2. The number of aliphatic hydroxyl groups excluding tert-OH is 1. The molecule has 5 heteroatoms. The first kappa shape index (κ1) is 20.6. The third-order valence-corrected chi connectivity index (χ3v) is 6.65. The van der Waals surface area contributed by atoms with Gasteiger partial charge in [0.1, 0.15) is 0 Å². The minimum Gasteiger partial charge on any atom is -0.395 e. The van der Waals surface area contributed by atoms with Crippen molar-refractivity contribution in [3.05, 3.63) is 59.7 Å². The number of amides is 1. The second-order valence-electron chi connectivity index (χ2n) is 8.30. The first-order valence-corrected chi connectivity index (χ1v) is 10.9. The molecule has 0 unspecified atom stereocenters. The zero-order valence-corrected chi connectivity index (χ0v) is 17.5. The van der Waals surface area contributed by atoms with Crippen molar-refractivity contribution in [2.45, 2.75) is 44.2 Å². The predicted molar refractivity (Wildman–Crippen MR) is 117 cm³/mol. The molecule has 2 aliphatic rings. The summed E-state index contributed by atoms with van der Waals surface area (Å²) < 4.78 is 0. The van der Waals surface area contributed by atoms with E-state index in [-0.39, 0.29) is 30.5 Å². The minimum absolute atomic E-state index is 0.111. The summed E-state index contributed by atoms with van der Waals surface area (Å²) in [5.74, 6) is 0.440. The van der Waals surface area contributed by atoms with Gasteiger partial charge in [-0.15, -0.1) is 0 Å². The fourth-order valence-electron chi connectivity index (χ4n) is 5.06. The van der Waals surface area contributed by atoms with Crippen LogP contribution in [-0.2, 0) is 4.79 Å². The molecule has 2 fully saturated rings. The zero-order chi connectivity index (χ0) is 21.1. The molecule has 3 atom stereocenters. The smallest absolute Gasteiger partial charge is 0.222 e. The van der Waals surface area contributed by atoms with Crippen molar-refractivity contribution in [3.8, 4) is 17.2 Å². The number of hydrogen-bond acceptors (Lipinski definition) is 4. The molecule has 4 rings (SSSR count). The highest BCUT2D eigenvalue weighted by atomic mass is 16.3. The van der Waals surface area contributed by atoms with Crippen LogP contribution in [0.5, 0.6) is 0 Å². The van der Waals surface area contributed by atoms with Gasteiger partial charge >= 0.3 is 0 Å². The maximum Gasteiger partial charge on any atom is 0.222 e. The largest absolute Gasteiger partial charge is 0.395 e. The molecule has 0 saturated carbocycles. The summed E-state index contributed by atoms with van der Waals surface area (Å²) in [4.78, 5) is 16.8. The van der Waals surface area contributed by atoms with Crippen LogP contribution in [-0.4, -0.2) is 59.1 Å². The van der Waals surface area contributed by atoms with E-state index >= 15 is 0 Å². The van der Waals surface area contributed by atoms with E-state index in [1.165, 1.54) is 5.56 Å². The molecule has 0 aromatic heterocycles. The van der Waals surface area contributed by atoms with Gasteiger partial charge in [0, 0.05) is 37.5 Å². The molecule has 5 nitrogen and oxygen atoms in total. The summed E-state index contributed by atoms with van der Waals surface area (Å²) in [5, 5.41) is 19.2. The van der Waals surface area contributed by atoms with Crippen LogP contribution in [0.25, 0.3) is 11.1 Å². The number of fused-ring (bicyclic) bond motifs is 1. The minimum atomic E-state index is 0.111. The molecule has 2 aromatic carbocycles. The Labute approximate surface area is 178 Å². The van der Waals surface area contributed by atoms with Gasteiger partial charge in [-0.2, -0.15) is 5.26 Å². The molecule has 30 heavy (non-hydrogen) atoms. The van der Waals surface area contributed by atoms with Gasteiger partial charge in [0.05, 0.1) is 18.2 Å². The van der Waals surface area contributed by atoms with E-state index in [9.17, 15) is 9.90 Å². The van der Waals surface area contributed by atoms with Crippen LogP contribution < -0.4 is 0 Å². The predicted octanol–water partition coefficient (Wildman–Crippen LogP) is 3.39. The molecular weight excluding hydrogens is 374 g/mol. The Bertz CT molecular complexity index is 934. The Balaban J connectivity index is 1.58. The van der Waals surface area contributed by atoms with Gasteiger partial charge in [0.25, 0.3) is 0 Å². The van der Waals surface area contributed by atoms with Gasteiger partial charge in [-0.3, -0.25) is 9.69 Å². The lowest BCUT2D eigenvalue weighted by atomic mass is 9.74. The molecule has 2 aliphatic heterocycles. The molecule has 2 saturated heterocycles. The molecule has 0 radical (unpaired) electrons. The topological polar surface area (TPSA) is 67.6 Å². The van der Waals surface area contributed by atoms with Crippen molar-refractivity contribution in [1.29, 1.82) is 5.26 Å². The first-order chi connectivity index (χ1) is 14.7. The van der Waals surface area contributed by atoms with Crippen LogP contribution in [0.2, 0.25) is 0 Å². The number of hydrogen-bond donors (Lipinski definition) is 1. The standard InChI is InChI=1S/C25H29N3O2/c1-2-24(30)27-12-3-4-13-28-22(16-27)25(23(28)17-29)20-10-8-19(9-11-20)21-7-5-6-18(14-21)15-26/h5-11,14,22-23,25,29H,2-4,12-13,16-17H2,1H3/t22-,23-,25-/m0/s1. The molecule has 0 bridgehead atoms.